The summed E-state index contributed by atoms with van der Waals surface area (Å²) in [5.41, 5.74) is 10.4. The Morgan fingerprint density at radius 3 is 2.60 bits per heavy atom. The van der Waals surface area contributed by atoms with Gasteiger partial charge in [-0.1, -0.05) is 12.1 Å². The Kier molecular flexibility index (Phi) is 4.39. The molecule has 7 nitrogen and oxygen atoms in total. The first-order valence-corrected chi connectivity index (χ1v) is 8.20. The summed E-state index contributed by atoms with van der Waals surface area (Å²) in [5.74, 6) is 0.176. The van der Waals surface area contributed by atoms with E-state index in [1.54, 1.807) is 6.92 Å². The molecule has 0 spiro atoms. The van der Waals surface area contributed by atoms with Gasteiger partial charge < -0.3 is 20.7 Å². The SMILES string of the molecule is CCOC(=O)C1=C(N)Nc2n[nH]c(C)c2C1c1ccc(N(C)C)cc1. The maximum Gasteiger partial charge on any atom is 0.338 e. The second-order valence-corrected chi connectivity index (χ2v) is 6.20. The van der Waals surface area contributed by atoms with Gasteiger partial charge in [0.05, 0.1) is 18.1 Å². The molecule has 0 saturated carbocycles. The van der Waals surface area contributed by atoms with Crippen molar-refractivity contribution in [1.29, 1.82) is 0 Å². The third-order valence-electron chi connectivity index (χ3n) is 4.35. The van der Waals surface area contributed by atoms with Crippen LogP contribution in [0, 0.1) is 6.92 Å². The highest BCUT2D eigenvalue weighted by molar-refractivity contribution is 5.94. The monoisotopic (exact) mass is 341 g/mol. The first-order valence-electron chi connectivity index (χ1n) is 8.20. The summed E-state index contributed by atoms with van der Waals surface area (Å²) < 4.78 is 5.24. The average Bonchev–Trinajstić information content (AvgIpc) is 2.94. The standard InChI is InChI=1S/C18H23N5O2/c1-5-25-18(24)15-14(11-6-8-12(9-7-11)23(3)4)13-10(2)21-22-17(13)20-16(15)19/h6-9,14H,5,19H2,1-4H3,(H2,20,21,22). The lowest BCUT2D eigenvalue weighted by Gasteiger charge is -2.27. The molecule has 25 heavy (non-hydrogen) atoms. The molecule has 3 rings (SSSR count). The maximum absolute atomic E-state index is 12.6. The number of aryl methyl sites for hydroxylation is 1. The summed E-state index contributed by atoms with van der Waals surface area (Å²) in [4.78, 5) is 14.6. The third kappa shape index (κ3) is 2.93. The first-order chi connectivity index (χ1) is 11.9. The van der Waals surface area contributed by atoms with Gasteiger partial charge in [-0.05, 0) is 31.5 Å². The molecule has 0 bridgehead atoms. The fraction of sp³-hybridized carbons (Fsp3) is 0.333. The summed E-state index contributed by atoms with van der Waals surface area (Å²) >= 11 is 0. The Balaban J connectivity index is 2.13. The highest BCUT2D eigenvalue weighted by Crippen LogP contribution is 2.42. The topological polar surface area (TPSA) is 96.3 Å². The van der Waals surface area contributed by atoms with E-state index in [2.05, 4.69) is 15.5 Å². The molecule has 0 saturated heterocycles. The Hall–Kier alpha value is -2.96. The van der Waals surface area contributed by atoms with Gasteiger partial charge in [0.25, 0.3) is 0 Å². The second-order valence-electron chi connectivity index (χ2n) is 6.20. The number of hydrogen-bond acceptors (Lipinski definition) is 6. The van der Waals surface area contributed by atoms with Gasteiger partial charge in [0.15, 0.2) is 5.82 Å². The normalized spacial score (nSPS) is 16.2. The minimum absolute atomic E-state index is 0.277. The smallest absolute Gasteiger partial charge is 0.338 e. The van der Waals surface area contributed by atoms with Gasteiger partial charge in [-0.2, -0.15) is 5.10 Å². The summed E-state index contributed by atoms with van der Waals surface area (Å²) in [6.45, 7) is 4.00. The van der Waals surface area contributed by atoms with Crippen molar-refractivity contribution >= 4 is 17.5 Å². The summed E-state index contributed by atoms with van der Waals surface area (Å²) in [6, 6.07) is 8.05. The number of esters is 1. The number of carbonyl (C=O) groups excluding carboxylic acids is 1. The van der Waals surface area contributed by atoms with Gasteiger partial charge in [-0.15, -0.1) is 0 Å². The molecule has 1 atom stereocenters. The van der Waals surface area contributed by atoms with Crippen LogP contribution in [0.5, 0.6) is 0 Å². The maximum atomic E-state index is 12.6. The van der Waals surface area contributed by atoms with E-state index in [-0.39, 0.29) is 11.7 Å². The van der Waals surface area contributed by atoms with E-state index in [0.29, 0.717) is 18.0 Å². The number of nitrogens with two attached hydrogens (primary N) is 1. The van der Waals surface area contributed by atoms with Crippen LogP contribution in [0.1, 0.15) is 29.7 Å². The average molecular weight is 341 g/mol. The lowest BCUT2D eigenvalue weighted by atomic mass is 9.82. The van der Waals surface area contributed by atoms with Gasteiger partial charge in [-0.3, -0.25) is 5.10 Å². The van der Waals surface area contributed by atoms with Crippen molar-refractivity contribution in [2.45, 2.75) is 19.8 Å². The molecule has 1 aliphatic rings. The van der Waals surface area contributed by atoms with E-state index in [0.717, 1.165) is 22.5 Å². The highest BCUT2D eigenvalue weighted by atomic mass is 16.5. The van der Waals surface area contributed by atoms with Crippen LogP contribution < -0.4 is 16.0 Å². The number of aromatic amines is 1. The van der Waals surface area contributed by atoms with Crippen molar-refractivity contribution < 1.29 is 9.53 Å². The number of benzene rings is 1. The zero-order valence-electron chi connectivity index (χ0n) is 14.9. The minimum Gasteiger partial charge on any atom is -0.463 e. The molecule has 1 aromatic heterocycles. The van der Waals surface area contributed by atoms with Gasteiger partial charge in [0.2, 0.25) is 0 Å². The van der Waals surface area contributed by atoms with E-state index >= 15 is 0 Å². The Morgan fingerprint density at radius 1 is 1.32 bits per heavy atom. The molecule has 0 aliphatic carbocycles. The van der Waals surface area contributed by atoms with Crippen molar-refractivity contribution in [3.05, 3.63) is 52.5 Å². The van der Waals surface area contributed by atoms with E-state index < -0.39 is 5.97 Å². The first kappa shape index (κ1) is 16.9. The van der Waals surface area contributed by atoms with E-state index in [9.17, 15) is 4.79 Å². The number of anilines is 2. The molecular formula is C18H23N5O2. The predicted molar refractivity (Wildman–Crippen MR) is 97.4 cm³/mol. The van der Waals surface area contributed by atoms with Crippen molar-refractivity contribution in [2.75, 3.05) is 30.9 Å². The Bertz CT molecular complexity index is 820. The van der Waals surface area contributed by atoms with Crippen molar-refractivity contribution in [3.63, 3.8) is 0 Å². The molecule has 2 heterocycles. The number of nitrogens with one attached hydrogen (secondary N) is 2. The molecule has 4 N–H and O–H groups in total. The van der Waals surface area contributed by atoms with Gasteiger partial charge in [0, 0.05) is 31.0 Å². The van der Waals surface area contributed by atoms with Crippen LogP contribution in [-0.2, 0) is 9.53 Å². The van der Waals surface area contributed by atoms with Crippen LogP contribution in [0.2, 0.25) is 0 Å². The number of fused-ring (bicyclic) bond motifs is 1. The fourth-order valence-corrected chi connectivity index (χ4v) is 3.12. The molecule has 7 heteroatoms. The molecule has 1 unspecified atom stereocenters. The second kappa shape index (κ2) is 6.51. The van der Waals surface area contributed by atoms with Crippen LogP contribution >= 0.6 is 0 Å². The lowest BCUT2D eigenvalue weighted by Crippen LogP contribution is -2.29. The molecule has 1 aliphatic heterocycles. The summed E-state index contributed by atoms with van der Waals surface area (Å²) in [5, 5.41) is 10.2. The molecule has 1 aromatic carbocycles. The molecule has 132 valence electrons. The van der Waals surface area contributed by atoms with E-state index in [1.807, 2.05) is 50.2 Å². The largest absolute Gasteiger partial charge is 0.463 e. The molecule has 0 fully saturated rings. The van der Waals surface area contributed by atoms with Crippen LogP contribution in [0.4, 0.5) is 11.5 Å². The number of H-pyrrole nitrogens is 1. The van der Waals surface area contributed by atoms with Gasteiger partial charge in [0.1, 0.15) is 5.82 Å². The van der Waals surface area contributed by atoms with Gasteiger partial charge in [-0.25, -0.2) is 4.79 Å². The number of aromatic nitrogens is 2. The predicted octanol–water partition coefficient (Wildman–Crippen LogP) is 2.07. The zero-order chi connectivity index (χ0) is 18.1. The quantitative estimate of drug-likeness (QED) is 0.737. The number of hydrogen-bond donors (Lipinski definition) is 3. The number of nitrogens with zero attached hydrogens (tertiary/aromatic N) is 2. The van der Waals surface area contributed by atoms with Gasteiger partial charge >= 0.3 is 5.97 Å². The summed E-state index contributed by atoms with van der Waals surface area (Å²) in [7, 11) is 3.97. The molecule has 0 amide bonds. The lowest BCUT2D eigenvalue weighted by molar-refractivity contribution is -0.138. The van der Waals surface area contributed by atoms with Crippen LogP contribution in [0.25, 0.3) is 0 Å². The number of rotatable bonds is 4. The van der Waals surface area contributed by atoms with Crippen LogP contribution in [0.15, 0.2) is 35.7 Å². The molecule has 0 radical (unpaired) electrons. The van der Waals surface area contributed by atoms with Crippen LogP contribution in [-0.4, -0.2) is 36.9 Å². The van der Waals surface area contributed by atoms with Crippen molar-refractivity contribution in [3.8, 4) is 0 Å². The highest BCUT2D eigenvalue weighted by Gasteiger charge is 2.36. The third-order valence-corrected chi connectivity index (χ3v) is 4.35. The minimum atomic E-state index is -0.416. The summed E-state index contributed by atoms with van der Waals surface area (Å²) in [6.07, 6.45) is 0. The Morgan fingerprint density at radius 2 is 2.00 bits per heavy atom. The zero-order valence-corrected chi connectivity index (χ0v) is 14.9. The van der Waals surface area contributed by atoms with Crippen LogP contribution in [0.3, 0.4) is 0 Å². The van der Waals surface area contributed by atoms with E-state index in [4.69, 9.17) is 10.5 Å². The number of carbonyl (C=O) groups is 1. The molecule has 2 aromatic rings. The number of ether oxygens (including phenoxy) is 1. The Labute approximate surface area is 146 Å². The fourth-order valence-electron chi connectivity index (χ4n) is 3.12. The molecular weight excluding hydrogens is 318 g/mol. The van der Waals surface area contributed by atoms with Crippen molar-refractivity contribution in [2.24, 2.45) is 5.73 Å². The van der Waals surface area contributed by atoms with Crippen molar-refractivity contribution in [1.82, 2.24) is 10.2 Å². The van der Waals surface area contributed by atoms with E-state index in [1.165, 1.54) is 0 Å².